The van der Waals surface area contributed by atoms with Crippen molar-refractivity contribution in [1.29, 1.82) is 0 Å². The van der Waals surface area contributed by atoms with Gasteiger partial charge in [0.05, 0.1) is 5.69 Å². The standard InChI is InChI=1S/C40H48N4/c41-36-23-19-34(20-24-36)40(33-17-15-32(16-18-33)29-43-38-9-5-2-6-10-38)35-21-25-39(26-22-35)44-28-31-13-11-30(12-14-31)27-42-37-7-3-1-4-8-37/h1-10,19-26,28,30-33,40,42-43H,11-18,27,29,41H2. The topological polar surface area (TPSA) is 62.4 Å². The van der Waals surface area contributed by atoms with Crippen LogP contribution in [0.4, 0.5) is 22.7 Å². The number of hydrogen-bond donors (Lipinski definition) is 3. The van der Waals surface area contributed by atoms with Crippen LogP contribution in [0.2, 0.25) is 0 Å². The number of nitrogens with zero attached hydrogens (tertiary/aromatic N) is 1. The smallest absolute Gasteiger partial charge is 0.0626 e. The molecular formula is C40H48N4. The molecule has 4 aromatic carbocycles. The molecule has 0 spiro atoms. The van der Waals surface area contributed by atoms with Crippen molar-refractivity contribution in [3.8, 4) is 0 Å². The molecule has 2 saturated carbocycles. The van der Waals surface area contributed by atoms with Gasteiger partial charge in [0.15, 0.2) is 0 Å². The van der Waals surface area contributed by atoms with E-state index in [2.05, 4.69) is 126 Å². The van der Waals surface area contributed by atoms with Gasteiger partial charge < -0.3 is 16.4 Å². The van der Waals surface area contributed by atoms with Crippen LogP contribution in [0.15, 0.2) is 114 Å². The van der Waals surface area contributed by atoms with Crippen LogP contribution in [0.5, 0.6) is 0 Å². The van der Waals surface area contributed by atoms with Crippen molar-refractivity contribution < 1.29 is 0 Å². The molecule has 4 heteroatoms. The summed E-state index contributed by atoms with van der Waals surface area (Å²) in [5, 5.41) is 7.26. The molecule has 0 heterocycles. The maximum atomic E-state index is 6.08. The first-order chi connectivity index (χ1) is 21.7. The fraction of sp³-hybridized carbons (Fsp3) is 0.375. The Morgan fingerprint density at radius 3 is 1.59 bits per heavy atom. The average molecular weight is 585 g/mol. The lowest BCUT2D eigenvalue weighted by atomic mass is 9.71. The SMILES string of the molecule is Nc1ccc(C(c2ccc(N=CC3CCC(CNc4ccccc4)CC3)cc2)C2CCC(CNc3ccccc3)CC2)cc1. The van der Waals surface area contributed by atoms with Gasteiger partial charge in [-0.25, -0.2) is 0 Å². The molecule has 2 aliphatic rings. The minimum absolute atomic E-state index is 0.386. The van der Waals surface area contributed by atoms with Crippen molar-refractivity contribution in [3.05, 3.63) is 120 Å². The first-order valence-electron chi connectivity index (χ1n) is 16.8. The molecule has 0 amide bonds. The summed E-state index contributed by atoms with van der Waals surface area (Å²) in [7, 11) is 0. The number of para-hydroxylation sites is 2. The van der Waals surface area contributed by atoms with E-state index in [1.165, 1.54) is 73.9 Å². The van der Waals surface area contributed by atoms with Gasteiger partial charge in [-0.3, -0.25) is 4.99 Å². The van der Waals surface area contributed by atoms with Crippen LogP contribution in [0, 0.1) is 23.7 Å². The van der Waals surface area contributed by atoms with Gasteiger partial charge in [-0.15, -0.1) is 0 Å². The summed E-state index contributed by atoms with van der Waals surface area (Å²) < 4.78 is 0. The van der Waals surface area contributed by atoms with Crippen molar-refractivity contribution in [1.82, 2.24) is 0 Å². The number of nitrogens with one attached hydrogen (secondary N) is 2. The number of anilines is 3. The molecular weight excluding hydrogens is 536 g/mol. The zero-order valence-electron chi connectivity index (χ0n) is 26.0. The van der Waals surface area contributed by atoms with Crippen LogP contribution in [-0.4, -0.2) is 19.3 Å². The van der Waals surface area contributed by atoms with E-state index >= 15 is 0 Å². The van der Waals surface area contributed by atoms with Crippen LogP contribution in [0.3, 0.4) is 0 Å². The van der Waals surface area contributed by atoms with Crippen molar-refractivity contribution in [2.45, 2.75) is 57.3 Å². The molecule has 0 aliphatic heterocycles. The summed E-state index contributed by atoms with van der Waals surface area (Å²) in [6, 6.07) is 38.8. The van der Waals surface area contributed by atoms with Crippen LogP contribution >= 0.6 is 0 Å². The highest BCUT2D eigenvalue weighted by molar-refractivity contribution is 5.66. The van der Waals surface area contributed by atoms with Gasteiger partial charge in [0.2, 0.25) is 0 Å². The van der Waals surface area contributed by atoms with Gasteiger partial charge in [-0.1, -0.05) is 60.7 Å². The second-order valence-corrected chi connectivity index (χ2v) is 13.1. The van der Waals surface area contributed by atoms with E-state index in [0.717, 1.165) is 36.3 Å². The Kier molecular flexibility index (Phi) is 10.3. The lowest BCUT2D eigenvalue weighted by molar-refractivity contribution is 0.264. The lowest BCUT2D eigenvalue weighted by Crippen LogP contribution is -2.25. The van der Waals surface area contributed by atoms with Gasteiger partial charge in [0.1, 0.15) is 0 Å². The maximum Gasteiger partial charge on any atom is 0.0626 e. The van der Waals surface area contributed by atoms with Gasteiger partial charge in [0.25, 0.3) is 0 Å². The van der Waals surface area contributed by atoms with E-state index in [1.54, 1.807) is 0 Å². The molecule has 0 aromatic heterocycles. The maximum absolute atomic E-state index is 6.08. The third kappa shape index (κ3) is 8.31. The zero-order valence-corrected chi connectivity index (χ0v) is 26.0. The molecule has 4 N–H and O–H groups in total. The summed E-state index contributed by atoms with van der Waals surface area (Å²) >= 11 is 0. The van der Waals surface area contributed by atoms with Crippen LogP contribution < -0.4 is 16.4 Å². The number of benzene rings is 4. The summed E-state index contributed by atoms with van der Waals surface area (Å²) in [5.41, 5.74) is 13.2. The summed E-state index contributed by atoms with van der Waals surface area (Å²) in [5.74, 6) is 3.07. The highest BCUT2D eigenvalue weighted by Gasteiger charge is 2.30. The van der Waals surface area contributed by atoms with E-state index in [4.69, 9.17) is 10.7 Å². The second-order valence-electron chi connectivity index (χ2n) is 13.1. The molecule has 4 aromatic rings. The van der Waals surface area contributed by atoms with Gasteiger partial charge >= 0.3 is 0 Å². The normalized spacial score (nSPS) is 22.8. The molecule has 0 radical (unpaired) electrons. The molecule has 2 aliphatic carbocycles. The fourth-order valence-electron chi connectivity index (χ4n) is 7.30. The van der Waals surface area contributed by atoms with Gasteiger partial charge in [-0.2, -0.15) is 0 Å². The van der Waals surface area contributed by atoms with Gasteiger partial charge in [-0.05, 0) is 135 Å². The predicted octanol–water partition coefficient (Wildman–Crippen LogP) is 9.94. The first kappa shape index (κ1) is 30.0. The van der Waals surface area contributed by atoms with E-state index < -0.39 is 0 Å². The van der Waals surface area contributed by atoms with Crippen LogP contribution in [0.1, 0.15) is 68.4 Å². The number of hydrogen-bond acceptors (Lipinski definition) is 4. The summed E-state index contributed by atoms with van der Waals surface area (Å²) in [6.45, 7) is 2.12. The van der Waals surface area contributed by atoms with Crippen molar-refractivity contribution in [2.24, 2.45) is 28.7 Å². The highest BCUT2D eigenvalue weighted by Crippen LogP contribution is 2.42. The van der Waals surface area contributed by atoms with Crippen molar-refractivity contribution >= 4 is 29.0 Å². The minimum Gasteiger partial charge on any atom is -0.399 e. The third-order valence-electron chi connectivity index (χ3n) is 9.97. The Bertz CT molecular complexity index is 1420. The Morgan fingerprint density at radius 1 is 0.591 bits per heavy atom. The average Bonchev–Trinajstić information content (AvgIpc) is 3.09. The summed E-state index contributed by atoms with van der Waals surface area (Å²) in [4.78, 5) is 4.94. The Labute approximate surface area is 264 Å². The molecule has 228 valence electrons. The van der Waals surface area contributed by atoms with Crippen LogP contribution in [-0.2, 0) is 0 Å². The molecule has 4 nitrogen and oxygen atoms in total. The molecule has 0 bridgehead atoms. The molecule has 0 saturated heterocycles. The molecule has 1 unspecified atom stereocenters. The van der Waals surface area contributed by atoms with E-state index in [1.807, 2.05) is 0 Å². The zero-order chi connectivity index (χ0) is 30.0. The Balaban J connectivity index is 1.04. The lowest BCUT2D eigenvalue weighted by Gasteiger charge is -2.35. The van der Waals surface area contributed by atoms with Crippen molar-refractivity contribution in [2.75, 3.05) is 29.5 Å². The molecule has 1 atom stereocenters. The number of nitrogen functional groups attached to an aromatic ring is 1. The highest BCUT2D eigenvalue weighted by atomic mass is 14.9. The Hall–Kier alpha value is -4.05. The van der Waals surface area contributed by atoms with E-state index in [0.29, 0.717) is 17.8 Å². The first-order valence-corrected chi connectivity index (χ1v) is 16.8. The Morgan fingerprint density at radius 2 is 1.07 bits per heavy atom. The van der Waals surface area contributed by atoms with Crippen LogP contribution in [0.25, 0.3) is 0 Å². The number of aliphatic imine (C=N–C) groups is 1. The largest absolute Gasteiger partial charge is 0.399 e. The summed E-state index contributed by atoms with van der Waals surface area (Å²) in [6.07, 6.45) is 12.2. The number of rotatable bonds is 11. The quantitative estimate of drug-likeness (QED) is 0.121. The molecule has 2 fully saturated rings. The third-order valence-corrected chi connectivity index (χ3v) is 9.97. The van der Waals surface area contributed by atoms with E-state index in [-0.39, 0.29) is 0 Å². The predicted molar refractivity (Wildman–Crippen MR) is 188 cm³/mol. The molecule has 6 rings (SSSR count). The second kappa shape index (κ2) is 15.1. The monoisotopic (exact) mass is 584 g/mol. The van der Waals surface area contributed by atoms with Crippen molar-refractivity contribution in [3.63, 3.8) is 0 Å². The minimum atomic E-state index is 0.386. The molecule has 44 heavy (non-hydrogen) atoms. The van der Waals surface area contributed by atoms with E-state index in [9.17, 15) is 0 Å². The number of nitrogens with two attached hydrogens (primary N) is 1. The fourth-order valence-corrected chi connectivity index (χ4v) is 7.30. The van der Waals surface area contributed by atoms with Gasteiger partial charge in [0, 0.05) is 42.3 Å².